The van der Waals surface area contributed by atoms with E-state index in [0.29, 0.717) is 11.4 Å². The molecule has 156 valence electrons. The van der Waals surface area contributed by atoms with Crippen molar-refractivity contribution in [3.05, 3.63) is 82.4 Å². The Morgan fingerprint density at radius 2 is 1.70 bits per heavy atom. The number of carbonyl (C=O) groups excluding carboxylic acids is 1. The molecule has 0 aliphatic heterocycles. The Kier molecular flexibility index (Phi) is 6.75. The fraction of sp³-hybridized carbons (Fsp3) is 0.136. The molecule has 0 radical (unpaired) electrons. The van der Waals surface area contributed by atoms with Gasteiger partial charge in [0.05, 0.1) is 5.02 Å². The number of sulfonamides is 1. The van der Waals surface area contributed by atoms with E-state index >= 15 is 0 Å². The van der Waals surface area contributed by atoms with Crippen molar-refractivity contribution in [2.75, 3.05) is 16.3 Å². The summed E-state index contributed by atoms with van der Waals surface area (Å²) in [5.41, 5.74) is 3.26. The topological polar surface area (TPSA) is 75.3 Å². The summed E-state index contributed by atoms with van der Waals surface area (Å²) >= 11 is 7.71. The molecule has 3 rings (SSSR count). The predicted octanol–water partition coefficient (Wildman–Crippen LogP) is 5.73. The Morgan fingerprint density at radius 3 is 2.40 bits per heavy atom. The number of hydrogen-bond acceptors (Lipinski definition) is 4. The largest absolute Gasteiger partial charge is 0.322 e. The minimum atomic E-state index is -3.98. The van der Waals surface area contributed by atoms with E-state index in [-0.39, 0.29) is 15.5 Å². The lowest BCUT2D eigenvalue weighted by atomic mass is 10.1. The van der Waals surface area contributed by atoms with Crippen molar-refractivity contribution in [2.45, 2.75) is 23.6 Å². The summed E-state index contributed by atoms with van der Waals surface area (Å²) in [4.78, 5) is 13.5. The molecule has 30 heavy (non-hydrogen) atoms. The highest BCUT2D eigenvalue weighted by molar-refractivity contribution is 7.98. The number of thioether (sulfide) groups is 1. The third-order valence-electron chi connectivity index (χ3n) is 4.57. The average Bonchev–Trinajstić information content (AvgIpc) is 2.70. The fourth-order valence-corrected chi connectivity index (χ4v) is 4.81. The third-order valence-corrected chi connectivity index (χ3v) is 7.16. The fourth-order valence-electron chi connectivity index (χ4n) is 2.77. The van der Waals surface area contributed by atoms with Crippen LogP contribution in [0.5, 0.6) is 0 Å². The van der Waals surface area contributed by atoms with Crippen molar-refractivity contribution < 1.29 is 13.2 Å². The molecule has 0 aliphatic carbocycles. The van der Waals surface area contributed by atoms with Crippen LogP contribution in [0.1, 0.15) is 21.5 Å². The Hall–Kier alpha value is -2.48. The van der Waals surface area contributed by atoms with E-state index in [1.165, 1.54) is 18.2 Å². The number of anilines is 2. The summed E-state index contributed by atoms with van der Waals surface area (Å²) in [7, 11) is -3.98. The predicted molar refractivity (Wildman–Crippen MR) is 124 cm³/mol. The van der Waals surface area contributed by atoms with Gasteiger partial charge in [-0.1, -0.05) is 23.7 Å². The summed E-state index contributed by atoms with van der Waals surface area (Å²) in [6, 6.07) is 16.8. The van der Waals surface area contributed by atoms with Crippen LogP contribution in [-0.4, -0.2) is 20.6 Å². The second-order valence-electron chi connectivity index (χ2n) is 6.74. The first-order chi connectivity index (χ1) is 14.2. The molecule has 0 aliphatic rings. The van der Waals surface area contributed by atoms with Crippen molar-refractivity contribution in [1.82, 2.24) is 0 Å². The maximum atomic E-state index is 12.9. The van der Waals surface area contributed by atoms with Gasteiger partial charge in [-0.3, -0.25) is 9.52 Å². The van der Waals surface area contributed by atoms with E-state index in [4.69, 9.17) is 11.6 Å². The quantitative estimate of drug-likeness (QED) is 0.460. The molecule has 0 atom stereocenters. The summed E-state index contributed by atoms with van der Waals surface area (Å²) in [6.45, 7) is 3.85. The van der Waals surface area contributed by atoms with E-state index in [1.54, 1.807) is 30.0 Å². The van der Waals surface area contributed by atoms with Gasteiger partial charge < -0.3 is 5.32 Å². The molecule has 0 aromatic heterocycles. The van der Waals surface area contributed by atoms with Crippen LogP contribution in [0.3, 0.4) is 0 Å². The van der Waals surface area contributed by atoms with Crippen molar-refractivity contribution in [3.63, 3.8) is 0 Å². The first kappa shape index (κ1) is 22.2. The second-order valence-corrected chi connectivity index (χ2v) is 9.67. The second kappa shape index (κ2) is 9.12. The van der Waals surface area contributed by atoms with Crippen molar-refractivity contribution in [3.8, 4) is 0 Å². The Morgan fingerprint density at radius 1 is 0.933 bits per heavy atom. The van der Waals surface area contributed by atoms with Gasteiger partial charge in [0.2, 0.25) is 0 Å². The third kappa shape index (κ3) is 5.16. The molecule has 0 unspecified atom stereocenters. The van der Waals surface area contributed by atoms with E-state index in [1.807, 2.05) is 44.4 Å². The SMILES string of the molecule is CSc1cccc(NC(=O)c2ccc(Cl)c(S(=O)(=O)Nc3ccc(C)c(C)c3)c2)c1. The molecule has 3 aromatic rings. The molecular weight excluding hydrogens is 440 g/mol. The zero-order valence-electron chi connectivity index (χ0n) is 16.7. The summed E-state index contributed by atoms with van der Waals surface area (Å²) in [6.07, 6.45) is 1.94. The van der Waals surface area contributed by atoms with Gasteiger partial charge in [-0.05, 0) is 79.8 Å². The van der Waals surface area contributed by atoms with Gasteiger partial charge in [0.25, 0.3) is 15.9 Å². The van der Waals surface area contributed by atoms with Crippen LogP contribution >= 0.6 is 23.4 Å². The minimum absolute atomic E-state index is 0.0345. The lowest BCUT2D eigenvalue weighted by molar-refractivity contribution is 0.102. The molecule has 5 nitrogen and oxygen atoms in total. The molecule has 0 saturated carbocycles. The van der Waals surface area contributed by atoms with Gasteiger partial charge in [0.1, 0.15) is 4.90 Å². The molecule has 3 aromatic carbocycles. The normalized spacial score (nSPS) is 11.2. The number of aryl methyl sites for hydroxylation is 2. The van der Waals surface area contributed by atoms with Crippen LogP contribution in [0.2, 0.25) is 5.02 Å². The molecular formula is C22H21ClN2O3S2. The summed E-state index contributed by atoms with van der Waals surface area (Å²) in [5, 5.41) is 2.82. The number of amides is 1. The van der Waals surface area contributed by atoms with Gasteiger partial charge in [0, 0.05) is 21.8 Å². The van der Waals surface area contributed by atoms with Crippen LogP contribution in [-0.2, 0) is 10.0 Å². The zero-order chi connectivity index (χ0) is 21.9. The van der Waals surface area contributed by atoms with Crippen LogP contribution in [0, 0.1) is 13.8 Å². The molecule has 2 N–H and O–H groups in total. The van der Waals surface area contributed by atoms with Crippen molar-refractivity contribution in [1.29, 1.82) is 0 Å². The molecule has 8 heteroatoms. The van der Waals surface area contributed by atoms with Crippen LogP contribution in [0.4, 0.5) is 11.4 Å². The number of rotatable bonds is 6. The Bertz CT molecular complexity index is 1210. The summed E-state index contributed by atoms with van der Waals surface area (Å²) < 4.78 is 28.3. The van der Waals surface area contributed by atoms with Gasteiger partial charge in [0.15, 0.2) is 0 Å². The number of hydrogen-bond donors (Lipinski definition) is 2. The van der Waals surface area contributed by atoms with Crippen molar-refractivity contribution in [2.24, 2.45) is 0 Å². The van der Waals surface area contributed by atoms with Gasteiger partial charge in [-0.25, -0.2) is 8.42 Å². The highest BCUT2D eigenvalue weighted by Gasteiger charge is 2.21. The number of carbonyl (C=O) groups is 1. The average molecular weight is 461 g/mol. The molecule has 0 bridgehead atoms. The van der Waals surface area contributed by atoms with Crippen LogP contribution in [0.15, 0.2) is 70.5 Å². The maximum Gasteiger partial charge on any atom is 0.263 e. The Balaban J connectivity index is 1.87. The monoisotopic (exact) mass is 460 g/mol. The molecule has 0 heterocycles. The van der Waals surface area contributed by atoms with Gasteiger partial charge in [-0.2, -0.15) is 0 Å². The van der Waals surface area contributed by atoms with Crippen LogP contribution in [0.25, 0.3) is 0 Å². The lowest BCUT2D eigenvalue weighted by Gasteiger charge is -2.12. The number of halogens is 1. The molecule has 0 saturated heterocycles. The van der Waals surface area contributed by atoms with E-state index in [2.05, 4.69) is 10.0 Å². The minimum Gasteiger partial charge on any atom is -0.322 e. The number of benzene rings is 3. The molecule has 0 spiro atoms. The zero-order valence-corrected chi connectivity index (χ0v) is 19.1. The standard InChI is InChI=1S/C22H21ClN2O3S2/c1-14-7-9-18(11-15(14)2)25-30(27,28)21-12-16(8-10-20(21)23)22(26)24-17-5-4-6-19(13-17)29-3/h4-13,25H,1-3H3,(H,24,26). The summed E-state index contributed by atoms with van der Waals surface area (Å²) in [5.74, 6) is -0.424. The molecule has 1 amide bonds. The maximum absolute atomic E-state index is 12.9. The Labute approximate surface area is 185 Å². The van der Waals surface area contributed by atoms with E-state index in [9.17, 15) is 13.2 Å². The highest BCUT2D eigenvalue weighted by Crippen LogP contribution is 2.27. The van der Waals surface area contributed by atoms with E-state index < -0.39 is 15.9 Å². The first-order valence-electron chi connectivity index (χ1n) is 9.04. The smallest absolute Gasteiger partial charge is 0.263 e. The lowest BCUT2D eigenvalue weighted by Crippen LogP contribution is -2.16. The van der Waals surface area contributed by atoms with Gasteiger partial charge >= 0.3 is 0 Å². The van der Waals surface area contributed by atoms with Crippen molar-refractivity contribution >= 4 is 50.7 Å². The first-order valence-corrected chi connectivity index (χ1v) is 12.1. The van der Waals surface area contributed by atoms with Gasteiger partial charge in [-0.15, -0.1) is 11.8 Å². The number of nitrogens with one attached hydrogen (secondary N) is 2. The molecule has 0 fully saturated rings. The van der Waals surface area contributed by atoms with E-state index in [0.717, 1.165) is 16.0 Å². The highest BCUT2D eigenvalue weighted by atomic mass is 35.5. The van der Waals surface area contributed by atoms with Crippen LogP contribution < -0.4 is 10.0 Å².